The maximum atomic E-state index is 5.77. The second-order valence-electron chi connectivity index (χ2n) is 4.00. The third kappa shape index (κ3) is 2.43. The van der Waals surface area contributed by atoms with Crippen molar-refractivity contribution in [2.45, 2.75) is 19.4 Å². The third-order valence-corrected chi connectivity index (χ3v) is 2.70. The molecule has 1 atom stereocenters. The van der Waals surface area contributed by atoms with E-state index in [1.807, 2.05) is 18.2 Å². The normalized spacial score (nSPS) is 13.1. The predicted octanol–water partition coefficient (Wildman–Crippen LogP) is 2.43. The van der Waals surface area contributed by atoms with E-state index in [1.165, 1.54) is 0 Å². The van der Waals surface area contributed by atoms with Gasteiger partial charge in [-0.3, -0.25) is 0 Å². The van der Waals surface area contributed by atoms with Gasteiger partial charge in [-0.1, -0.05) is 18.2 Å². The molecule has 0 bridgehead atoms. The molecular weight excluding hydrogens is 200 g/mol. The number of nitrogens with one attached hydrogen (secondary N) is 1. The van der Waals surface area contributed by atoms with Gasteiger partial charge < -0.3 is 15.5 Å². The van der Waals surface area contributed by atoms with Crippen LogP contribution in [0.2, 0.25) is 0 Å². The Kier molecular flexibility index (Phi) is 3.59. The monoisotopic (exact) mass is 218 g/mol. The van der Waals surface area contributed by atoms with E-state index in [-0.39, 0.29) is 6.04 Å². The quantitative estimate of drug-likeness (QED) is 0.758. The number of para-hydroxylation sites is 1. The second-order valence-corrected chi connectivity index (χ2v) is 4.00. The van der Waals surface area contributed by atoms with Crippen LogP contribution in [0.4, 0.5) is 0 Å². The lowest BCUT2D eigenvalue weighted by atomic mass is 10.2. The Morgan fingerprint density at radius 2 is 2.19 bits per heavy atom. The van der Waals surface area contributed by atoms with Gasteiger partial charge in [-0.2, -0.15) is 0 Å². The number of furan rings is 1. The Hall–Kier alpha value is -1.32. The highest BCUT2D eigenvalue weighted by Crippen LogP contribution is 2.23. The van der Waals surface area contributed by atoms with Crippen molar-refractivity contribution in [1.82, 2.24) is 5.32 Å². The fourth-order valence-corrected chi connectivity index (χ4v) is 1.74. The summed E-state index contributed by atoms with van der Waals surface area (Å²) in [5.41, 5.74) is 6.40. The van der Waals surface area contributed by atoms with Crippen LogP contribution in [0.5, 0.6) is 0 Å². The highest BCUT2D eigenvalue weighted by Gasteiger charge is 2.09. The highest BCUT2D eigenvalue weighted by molar-refractivity contribution is 5.77. The molecule has 2 rings (SSSR count). The molecule has 0 fully saturated rings. The molecule has 1 aromatic carbocycles. The molecule has 1 unspecified atom stereocenters. The first-order chi connectivity index (χ1) is 7.81. The van der Waals surface area contributed by atoms with E-state index in [1.54, 1.807) is 0 Å². The fraction of sp³-hybridized carbons (Fsp3) is 0.385. The fourth-order valence-electron chi connectivity index (χ4n) is 1.74. The lowest BCUT2D eigenvalue weighted by Gasteiger charge is -2.09. The van der Waals surface area contributed by atoms with Crippen molar-refractivity contribution >= 4 is 11.0 Å². The molecule has 1 aromatic heterocycles. The summed E-state index contributed by atoms with van der Waals surface area (Å²) in [7, 11) is 0. The van der Waals surface area contributed by atoms with Crippen molar-refractivity contribution < 1.29 is 4.42 Å². The van der Waals surface area contributed by atoms with Gasteiger partial charge in [0.15, 0.2) is 0 Å². The third-order valence-electron chi connectivity index (χ3n) is 2.70. The smallest absolute Gasteiger partial charge is 0.134 e. The largest absolute Gasteiger partial charge is 0.459 e. The molecule has 86 valence electrons. The topological polar surface area (TPSA) is 51.2 Å². The van der Waals surface area contributed by atoms with Crippen LogP contribution in [0.15, 0.2) is 34.7 Å². The molecule has 0 saturated heterocycles. The van der Waals surface area contributed by atoms with Crippen molar-refractivity contribution in [1.29, 1.82) is 0 Å². The first-order valence-corrected chi connectivity index (χ1v) is 5.73. The number of benzene rings is 1. The van der Waals surface area contributed by atoms with Gasteiger partial charge in [0.05, 0.1) is 6.04 Å². The maximum Gasteiger partial charge on any atom is 0.134 e. The Morgan fingerprint density at radius 3 is 2.94 bits per heavy atom. The summed E-state index contributed by atoms with van der Waals surface area (Å²) in [4.78, 5) is 0. The van der Waals surface area contributed by atoms with Crippen molar-refractivity contribution in [2.75, 3.05) is 13.1 Å². The van der Waals surface area contributed by atoms with Crippen LogP contribution in [0.1, 0.15) is 25.1 Å². The van der Waals surface area contributed by atoms with Crippen LogP contribution in [-0.2, 0) is 0 Å². The molecular formula is C13H18N2O. The molecule has 0 saturated carbocycles. The van der Waals surface area contributed by atoms with Gasteiger partial charge in [0.2, 0.25) is 0 Å². The van der Waals surface area contributed by atoms with E-state index in [4.69, 9.17) is 10.2 Å². The molecule has 3 heteroatoms. The zero-order valence-corrected chi connectivity index (χ0v) is 9.57. The molecule has 0 aliphatic rings. The molecule has 3 N–H and O–H groups in total. The van der Waals surface area contributed by atoms with Crippen LogP contribution in [-0.4, -0.2) is 13.1 Å². The van der Waals surface area contributed by atoms with Crippen LogP contribution in [0, 0.1) is 0 Å². The minimum atomic E-state index is 0.235. The molecule has 0 spiro atoms. The summed E-state index contributed by atoms with van der Waals surface area (Å²) < 4.78 is 5.77. The Labute approximate surface area is 95.6 Å². The maximum absolute atomic E-state index is 5.77. The molecule has 0 radical (unpaired) electrons. The number of hydrogen-bond donors (Lipinski definition) is 2. The summed E-state index contributed by atoms with van der Waals surface area (Å²) in [6, 6.07) is 10.4. The first-order valence-electron chi connectivity index (χ1n) is 5.73. The van der Waals surface area contributed by atoms with Gasteiger partial charge >= 0.3 is 0 Å². The van der Waals surface area contributed by atoms with Crippen molar-refractivity contribution in [3.05, 3.63) is 36.1 Å². The Balaban J connectivity index is 2.07. The number of hydrogen-bond acceptors (Lipinski definition) is 3. The molecule has 0 amide bonds. The lowest BCUT2D eigenvalue weighted by molar-refractivity contribution is 0.450. The average Bonchev–Trinajstić information content (AvgIpc) is 2.73. The SMILES string of the molecule is CC(NCCCN)c1cc2ccccc2o1. The average molecular weight is 218 g/mol. The molecule has 2 aromatic rings. The number of rotatable bonds is 5. The van der Waals surface area contributed by atoms with E-state index in [9.17, 15) is 0 Å². The number of nitrogens with two attached hydrogens (primary N) is 1. The Morgan fingerprint density at radius 1 is 1.38 bits per heavy atom. The molecule has 1 heterocycles. The van der Waals surface area contributed by atoms with Gasteiger partial charge in [0.25, 0.3) is 0 Å². The first kappa shape index (κ1) is 11.2. The van der Waals surface area contributed by atoms with E-state index < -0.39 is 0 Å². The van der Waals surface area contributed by atoms with E-state index in [2.05, 4.69) is 24.4 Å². The van der Waals surface area contributed by atoms with Gasteiger partial charge in [-0.05, 0) is 38.6 Å². The van der Waals surface area contributed by atoms with Gasteiger partial charge in [-0.15, -0.1) is 0 Å². The second kappa shape index (κ2) is 5.14. The summed E-state index contributed by atoms with van der Waals surface area (Å²) in [6.07, 6.45) is 0.991. The van der Waals surface area contributed by atoms with E-state index >= 15 is 0 Å². The van der Waals surface area contributed by atoms with Crippen LogP contribution in [0.25, 0.3) is 11.0 Å². The van der Waals surface area contributed by atoms with E-state index in [0.29, 0.717) is 0 Å². The van der Waals surface area contributed by atoms with Crippen LogP contribution < -0.4 is 11.1 Å². The zero-order chi connectivity index (χ0) is 11.4. The minimum absolute atomic E-state index is 0.235. The van der Waals surface area contributed by atoms with Crippen molar-refractivity contribution in [3.63, 3.8) is 0 Å². The van der Waals surface area contributed by atoms with Crippen LogP contribution in [0.3, 0.4) is 0 Å². The van der Waals surface area contributed by atoms with E-state index in [0.717, 1.165) is 36.2 Å². The molecule has 3 nitrogen and oxygen atoms in total. The lowest BCUT2D eigenvalue weighted by Crippen LogP contribution is -2.21. The summed E-state index contributed by atoms with van der Waals surface area (Å²) in [5, 5.41) is 4.54. The summed E-state index contributed by atoms with van der Waals surface area (Å²) in [5.74, 6) is 0.984. The summed E-state index contributed by atoms with van der Waals surface area (Å²) in [6.45, 7) is 3.75. The summed E-state index contributed by atoms with van der Waals surface area (Å²) >= 11 is 0. The molecule has 16 heavy (non-hydrogen) atoms. The Bertz CT molecular complexity index is 417. The van der Waals surface area contributed by atoms with Gasteiger partial charge in [0.1, 0.15) is 11.3 Å². The molecule has 0 aliphatic carbocycles. The van der Waals surface area contributed by atoms with Gasteiger partial charge in [0, 0.05) is 5.39 Å². The molecule has 0 aliphatic heterocycles. The van der Waals surface area contributed by atoms with Crippen molar-refractivity contribution in [3.8, 4) is 0 Å². The zero-order valence-electron chi connectivity index (χ0n) is 9.57. The highest BCUT2D eigenvalue weighted by atomic mass is 16.3. The van der Waals surface area contributed by atoms with Gasteiger partial charge in [-0.25, -0.2) is 0 Å². The van der Waals surface area contributed by atoms with Crippen LogP contribution >= 0.6 is 0 Å². The van der Waals surface area contributed by atoms with Crippen molar-refractivity contribution in [2.24, 2.45) is 5.73 Å². The number of fused-ring (bicyclic) bond motifs is 1. The predicted molar refractivity (Wildman–Crippen MR) is 66.3 cm³/mol. The standard InChI is InChI=1S/C13H18N2O/c1-10(15-8-4-7-14)13-9-11-5-2-3-6-12(11)16-13/h2-3,5-6,9-10,15H,4,7-8,14H2,1H3. The minimum Gasteiger partial charge on any atom is -0.459 e.